The van der Waals surface area contributed by atoms with Crippen LogP contribution in [0.4, 0.5) is 0 Å². The van der Waals surface area contributed by atoms with Gasteiger partial charge < -0.3 is 10.4 Å². The van der Waals surface area contributed by atoms with Crippen LogP contribution in [0.2, 0.25) is 0 Å². The number of aromatic hydroxyl groups is 1. The lowest BCUT2D eigenvalue weighted by Gasteiger charge is -2.28. The highest BCUT2D eigenvalue weighted by atomic mass is 16.3. The Kier molecular flexibility index (Phi) is 3.09. The minimum absolute atomic E-state index is 0.0247. The van der Waals surface area contributed by atoms with E-state index in [-0.39, 0.29) is 11.8 Å². The molecular weight excluding hydrogens is 272 g/mol. The smallest absolute Gasteiger partial charge is 0.146 e. The molecule has 0 amide bonds. The molecule has 1 atom stereocenters. The summed E-state index contributed by atoms with van der Waals surface area (Å²) in [6.45, 7) is 2.86. The topological polar surface area (TPSA) is 45.1 Å². The van der Waals surface area contributed by atoms with Crippen molar-refractivity contribution in [2.75, 3.05) is 6.54 Å². The molecule has 0 saturated carbocycles. The number of hydrogen-bond donors (Lipinski definition) is 2. The molecule has 3 aromatic rings. The summed E-state index contributed by atoms with van der Waals surface area (Å²) in [7, 11) is 0. The van der Waals surface area contributed by atoms with E-state index < -0.39 is 0 Å². The highest BCUT2D eigenvalue weighted by Gasteiger charge is 2.24. The van der Waals surface area contributed by atoms with Crippen molar-refractivity contribution in [2.45, 2.75) is 19.4 Å². The van der Waals surface area contributed by atoms with E-state index in [0.29, 0.717) is 5.52 Å². The van der Waals surface area contributed by atoms with E-state index >= 15 is 0 Å². The van der Waals surface area contributed by atoms with Crippen molar-refractivity contribution < 1.29 is 5.11 Å². The number of pyridine rings is 1. The molecule has 2 heterocycles. The maximum atomic E-state index is 10.7. The third-order valence-corrected chi connectivity index (χ3v) is 4.43. The number of fused-ring (bicyclic) bond motifs is 2. The molecule has 0 saturated heterocycles. The summed E-state index contributed by atoms with van der Waals surface area (Å²) in [5, 5.41) is 15.2. The van der Waals surface area contributed by atoms with E-state index in [2.05, 4.69) is 34.6 Å². The van der Waals surface area contributed by atoms with Gasteiger partial charge in [-0.1, -0.05) is 42.5 Å². The summed E-state index contributed by atoms with van der Waals surface area (Å²) < 4.78 is 0. The summed E-state index contributed by atoms with van der Waals surface area (Å²) in [6.07, 6.45) is 1.03. The number of aryl methyl sites for hydroxylation is 1. The van der Waals surface area contributed by atoms with Gasteiger partial charge in [0.25, 0.3) is 0 Å². The molecule has 3 heteroatoms. The zero-order valence-corrected chi connectivity index (χ0v) is 12.5. The zero-order valence-electron chi connectivity index (χ0n) is 12.5. The molecule has 110 valence electrons. The van der Waals surface area contributed by atoms with Crippen molar-refractivity contribution in [2.24, 2.45) is 0 Å². The van der Waals surface area contributed by atoms with Gasteiger partial charge in [-0.25, -0.2) is 4.98 Å². The molecule has 1 unspecified atom stereocenters. The summed E-state index contributed by atoms with van der Waals surface area (Å²) in [4.78, 5) is 4.51. The fourth-order valence-electron chi connectivity index (χ4n) is 3.30. The van der Waals surface area contributed by atoms with Crippen molar-refractivity contribution >= 4 is 10.9 Å². The monoisotopic (exact) mass is 290 g/mol. The van der Waals surface area contributed by atoms with E-state index in [1.165, 1.54) is 11.1 Å². The summed E-state index contributed by atoms with van der Waals surface area (Å²) in [5.41, 5.74) is 5.09. The van der Waals surface area contributed by atoms with Gasteiger partial charge in [0, 0.05) is 23.2 Å². The van der Waals surface area contributed by atoms with Crippen LogP contribution >= 0.6 is 0 Å². The SMILES string of the molecule is Cc1ccc2ccc(C3NCCc4ccccc43)c(O)c2n1. The standard InChI is InChI=1S/C19H18N2O/c1-12-6-7-14-8-9-16(19(22)17(14)21-12)18-15-5-3-2-4-13(15)10-11-20-18/h2-9,18,20,22H,10-11H2,1H3. The van der Waals surface area contributed by atoms with Crippen LogP contribution in [0.3, 0.4) is 0 Å². The largest absolute Gasteiger partial charge is 0.505 e. The second kappa shape index (κ2) is 5.11. The van der Waals surface area contributed by atoms with E-state index in [1.54, 1.807) is 0 Å². The summed E-state index contributed by atoms with van der Waals surface area (Å²) >= 11 is 0. The highest BCUT2D eigenvalue weighted by Crippen LogP contribution is 2.37. The first kappa shape index (κ1) is 13.3. The van der Waals surface area contributed by atoms with Crippen molar-refractivity contribution in [3.05, 3.63) is 70.9 Å². The van der Waals surface area contributed by atoms with Crippen LogP contribution in [0, 0.1) is 6.92 Å². The van der Waals surface area contributed by atoms with Crippen LogP contribution in [0.25, 0.3) is 10.9 Å². The van der Waals surface area contributed by atoms with Crippen LogP contribution in [-0.2, 0) is 6.42 Å². The molecule has 0 spiro atoms. The van der Waals surface area contributed by atoms with E-state index in [4.69, 9.17) is 0 Å². The fraction of sp³-hybridized carbons (Fsp3) is 0.211. The molecule has 1 aliphatic rings. The first-order chi connectivity index (χ1) is 10.7. The van der Waals surface area contributed by atoms with Gasteiger partial charge in [-0.05, 0) is 30.5 Å². The predicted molar refractivity (Wildman–Crippen MR) is 88.1 cm³/mol. The second-order valence-electron chi connectivity index (χ2n) is 5.86. The Labute approximate surface area is 129 Å². The van der Waals surface area contributed by atoms with Crippen molar-refractivity contribution in [3.8, 4) is 5.75 Å². The first-order valence-electron chi connectivity index (χ1n) is 7.64. The second-order valence-corrected chi connectivity index (χ2v) is 5.86. The number of hydrogen-bond acceptors (Lipinski definition) is 3. The number of nitrogens with one attached hydrogen (secondary N) is 1. The minimum Gasteiger partial charge on any atom is -0.505 e. The number of aromatic nitrogens is 1. The number of rotatable bonds is 1. The maximum absolute atomic E-state index is 10.7. The molecule has 0 bridgehead atoms. The average Bonchev–Trinajstić information content (AvgIpc) is 2.55. The fourth-order valence-corrected chi connectivity index (χ4v) is 3.30. The van der Waals surface area contributed by atoms with Crippen LogP contribution in [0.1, 0.15) is 28.4 Å². The third-order valence-electron chi connectivity index (χ3n) is 4.43. The minimum atomic E-state index is 0.0247. The van der Waals surface area contributed by atoms with Crippen LogP contribution in [0.5, 0.6) is 5.75 Å². The Balaban J connectivity index is 1.90. The van der Waals surface area contributed by atoms with Crippen LogP contribution in [-0.4, -0.2) is 16.6 Å². The quantitative estimate of drug-likeness (QED) is 0.721. The summed E-state index contributed by atoms with van der Waals surface area (Å²) in [5.74, 6) is 0.287. The number of nitrogens with zero attached hydrogens (tertiary/aromatic N) is 1. The molecule has 0 aliphatic carbocycles. The molecule has 3 nitrogen and oxygen atoms in total. The predicted octanol–water partition coefficient (Wildman–Crippen LogP) is 3.48. The van der Waals surface area contributed by atoms with Gasteiger partial charge in [-0.2, -0.15) is 0 Å². The van der Waals surface area contributed by atoms with E-state index in [9.17, 15) is 5.11 Å². The molecule has 4 rings (SSSR count). The van der Waals surface area contributed by atoms with E-state index in [0.717, 1.165) is 29.6 Å². The van der Waals surface area contributed by atoms with Crippen LogP contribution < -0.4 is 5.32 Å². The Bertz CT molecular complexity index is 857. The van der Waals surface area contributed by atoms with Crippen molar-refractivity contribution in [1.82, 2.24) is 10.3 Å². The Morgan fingerprint density at radius 1 is 1.05 bits per heavy atom. The number of phenols is 1. The Morgan fingerprint density at radius 2 is 1.86 bits per heavy atom. The van der Waals surface area contributed by atoms with Gasteiger partial charge in [0.2, 0.25) is 0 Å². The number of phenolic OH excluding ortho intramolecular Hbond substituents is 1. The molecule has 1 aromatic heterocycles. The van der Waals surface area contributed by atoms with Crippen molar-refractivity contribution in [3.63, 3.8) is 0 Å². The zero-order chi connectivity index (χ0) is 15.1. The highest BCUT2D eigenvalue weighted by molar-refractivity contribution is 5.86. The molecule has 1 aliphatic heterocycles. The van der Waals surface area contributed by atoms with E-state index in [1.807, 2.05) is 31.2 Å². The molecule has 2 aromatic carbocycles. The lowest BCUT2D eigenvalue weighted by Crippen LogP contribution is -2.30. The van der Waals surface area contributed by atoms with Gasteiger partial charge in [0.15, 0.2) is 0 Å². The van der Waals surface area contributed by atoms with Gasteiger partial charge in [-0.15, -0.1) is 0 Å². The lowest BCUT2D eigenvalue weighted by atomic mass is 9.89. The molecule has 2 N–H and O–H groups in total. The summed E-state index contributed by atoms with van der Waals surface area (Å²) in [6, 6.07) is 16.5. The first-order valence-corrected chi connectivity index (χ1v) is 7.64. The third kappa shape index (κ3) is 2.06. The Hall–Kier alpha value is -2.39. The Morgan fingerprint density at radius 3 is 2.77 bits per heavy atom. The van der Waals surface area contributed by atoms with Gasteiger partial charge in [0.05, 0.1) is 6.04 Å². The molecule has 0 fully saturated rings. The normalized spacial score (nSPS) is 17.4. The maximum Gasteiger partial charge on any atom is 0.146 e. The molecule has 22 heavy (non-hydrogen) atoms. The molecule has 0 radical (unpaired) electrons. The van der Waals surface area contributed by atoms with Gasteiger partial charge in [0.1, 0.15) is 11.3 Å². The van der Waals surface area contributed by atoms with Crippen molar-refractivity contribution in [1.29, 1.82) is 0 Å². The average molecular weight is 290 g/mol. The van der Waals surface area contributed by atoms with Crippen LogP contribution in [0.15, 0.2) is 48.5 Å². The van der Waals surface area contributed by atoms with Gasteiger partial charge >= 0.3 is 0 Å². The number of benzene rings is 2. The molecular formula is C19H18N2O. The van der Waals surface area contributed by atoms with Gasteiger partial charge in [-0.3, -0.25) is 0 Å². The lowest BCUT2D eigenvalue weighted by molar-refractivity contribution is 0.458.